The van der Waals surface area contributed by atoms with Crippen molar-refractivity contribution in [2.75, 3.05) is 0 Å². The summed E-state index contributed by atoms with van der Waals surface area (Å²) in [6, 6.07) is 6.12. The van der Waals surface area contributed by atoms with Crippen molar-refractivity contribution in [3.8, 4) is 0 Å². The van der Waals surface area contributed by atoms with Gasteiger partial charge >= 0.3 is 0 Å². The van der Waals surface area contributed by atoms with Crippen molar-refractivity contribution in [1.82, 2.24) is 9.55 Å². The summed E-state index contributed by atoms with van der Waals surface area (Å²) >= 11 is 6.11. The van der Waals surface area contributed by atoms with Gasteiger partial charge in [0.2, 0.25) is 0 Å². The van der Waals surface area contributed by atoms with Gasteiger partial charge in [0.1, 0.15) is 5.82 Å². The number of nitrogens with two attached hydrogens (primary N) is 1. The number of imidazole rings is 1. The topological polar surface area (TPSA) is 43.8 Å². The highest BCUT2D eigenvalue weighted by Crippen LogP contribution is 2.32. The zero-order valence-electron chi connectivity index (χ0n) is 12.1. The van der Waals surface area contributed by atoms with E-state index in [9.17, 15) is 0 Å². The lowest BCUT2D eigenvalue weighted by molar-refractivity contribution is 0.362. The molecule has 0 unspecified atom stereocenters. The molecule has 2 N–H and O–H groups in total. The molecule has 0 aliphatic rings. The van der Waals surface area contributed by atoms with Gasteiger partial charge in [-0.2, -0.15) is 0 Å². The van der Waals surface area contributed by atoms with Gasteiger partial charge in [-0.1, -0.05) is 25.4 Å². The van der Waals surface area contributed by atoms with Gasteiger partial charge in [0, 0.05) is 11.1 Å². The highest BCUT2D eigenvalue weighted by molar-refractivity contribution is 6.31. The van der Waals surface area contributed by atoms with Crippen LogP contribution in [-0.4, -0.2) is 9.55 Å². The molecule has 0 atom stereocenters. The van der Waals surface area contributed by atoms with Crippen LogP contribution >= 0.6 is 11.6 Å². The second-order valence-corrected chi connectivity index (χ2v) is 5.83. The molecule has 0 fully saturated rings. The molecule has 0 radical (unpaired) electrons. The van der Waals surface area contributed by atoms with Crippen molar-refractivity contribution in [2.24, 2.45) is 5.73 Å². The summed E-state index contributed by atoms with van der Waals surface area (Å²) in [5, 5.41) is 0.733. The van der Waals surface area contributed by atoms with Crippen LogP contribution in [0.1, 0.15) is 52.4 Å². The monoisotopic (exact) mass is 279 g/mol. The molecule has 0 spiro atoms. The van der Waals surface area contributed by atoms with Crippen LogP contribution in [-0.2, 0) is 5.54 Å². The van der Waals surface area contributed by atoms with Gasteiger partial charge in [-0.25, -0.2) is 4.98 Å². The number of hydrogen-bond donors (Lipinski definition) is 1. The van der Waals surface area contributed by atoms with Gasteiger partial charge in [0.05, 0.1) is 16.6 Å². The number of halogens is 1. The third kappa shape index (κ3) is 2.37. The first kappa shape index (κ1) is 14.4. The number of rotatable bonds is 4. The van der Waals surface area contributed by atoms with Gasteiger partial charge in [-0.05, 0) is 44.9 Å². The van der Waals surface area contributed by atoms with E-state index in [4.69, 9.17) is 22.3 Å². The van der Waals surface area contributed by atoms with Gasteiger partial charge in [-0.15, -0.1) is 0 Å². The highest BCUT2D eigenvalue weighted by Gasteiger charge is 2.30. The van der Waals surface area contributed by atoms with Gasteiger partial charge < -0.3 is 10.3 Å². The Morgan fingerprint density at radius 3 is 2.47 bits per heavy atom. The summed E-state index contributed by atoms with van der Waals surface area (Å²) in [5.74, 6) is 0.963. The fourth-order valence-electron chi connectivity index (χ4n) is 2.51. The molecule has 19 heavy (non-hydrogen) atoms. The number of nitrogens with zero attached hydrogens (tertiary/aromatic N) is 2. The molecule has 1 aromatic carbocycles. The number of benzene rings is 1. The standard InChI is InChI=1S/C15H22ClN3/c1-5-15(17,6-2)14-18-12-8-7-11(16)9-13(12)19(14)10(3)4/h7-10H,5-6,17H2,1-4H3. The Hall–Kier alpha value is -1.06. The maximum Gasteiger partial charge on any atom is 0.130 e. The van der Waals surface area contributed by atoms with Crippen LogP contribution < -0.4 is 5.73 Å². The summed E-state index contributed by atoms with van der Waals surface area (Å²) in [6.45, 7) is 8.52. The smallest absolute Gasteiger partial charge is 0.130 e. The van der Waals surface area contributed by atoms with Gasteiger partial charge in [-0.3, -0.25) is 0 Å². The van der Waals surface area contributed by atoms with E-state index in [0.717, 1.165) is 34.7 Å². The normalized spacial score (nSPS) is 12.6. The van der Waals surface area contributed by atoms with E-state index < -0.39 is 0 Å². The lowest BCUT2D eigenvalue weighted by Crippen LogP contribution is -2.38. The first-order valence-corrected chi connectivity index (χ1v) is 7.27. The first-order valence-electron chi connectivity index (χ1n) is 6.89. The zero-order valence-corrected chi connectivity index (χ0v) is 12.8. The molecule has 0 amide bonds. The molecule has 3 nitrogen and oxygen atoms in total. The molecule has 1 heterocycles. The molecule has 0 aliphatic heterocycles. The van der Waals surface area contributed by atoms with Crippen LogP contribution in [0.2, 0.25) is 5.02 Å². The van der Waals surface area contributed by atoms with Crippen molar-refractivity contribution in [3.05, 3.63) is 29.0 Å². The molecule has 2 aromatic rings. The lowest BCUT2D eigenvalue weighted by atomic mass is 9.93. The fraction of sp³-hybridized carbons (Fsp3) is 0.533. The minimum absolute atomic E-state index is 0.305. The largest absolute Gasteiger partial charge is 0.324 e. The van der Waals surface area contributed by atoms with E-state index in [1.54, 1.807) is 0 Å². The maximum absolute atomic E-state index is 6.54. The van der Waals surface area contributed by atoms with Gasteiger partial charge in [0.15, 0.2) is 0 Å². The van der Waals surface area contributed by atoms with Crippen LogP contribution in [0, 0.1) is 0 Å². The molecule has 4 heteroatoms. The van der Waals surface area contributed by atoms with Crippen molar-refractivity contribution in [1.29, 1.82) is 0 Å². The highest BCUT2D eigenvalue weighted by atomic mass is 35.5. The second-order valence-electron chi connectivity index (χ2n) is 5.40. The maximum atomic E-state index is 6.54. The Balaban J connectivity index is 2.77. The number of aromatic nitrogens is 2. The van der Waals surface area contributed by atoms with E-state index in [1.807, 2.05) is 18.2 Å². The van der Waals surface area contributed by atoms with Crippen LogP contribution in [0.15, 0.2) is 18.2 Å². The molecule has 0 saturated carbocycles. The predicted octanol–water partition coefficient (Wildman–Crippen LogP) is 4.24. The predicted molar refractivity (Wildman–Crippen MR) is 81.6 cm³/mol. The number of hydrogen-bond acceptors (Lipinski definition) is 2. The number of fused-ring (bicyclic) bond motifs is 1. The summed E-state index contributed by atoms with van der Waals surface area (Å²) in [7, 11) is 0. The third-order valence-electron chi connectivity index (χ3n) is 3.88. The van der Waals surface area contributed by atoms with E-state index in [-0.39, 0.29) is 5.54 Å². The summed E-state index contributed by atoms with van der Waals surface area (Å²) in [4.78, 5) is 4.77. The van der Waals surface area contributed by atoms with E-state index in [2.05, 4.69) is 32.3 Å². The van der Waals surface area contributed by atoms with Crippen molar-refractivity contribution < 1.29 is 0 Å². The summed E-state index contributed by atoms with van der Waals surface area (Å²) in [5.41, 5.74) is 8.19. The van der Waals surface area contributed by atoms with Crippen LogP contribution in [0.5, 0.6) is 0 Å². The quantitative estimate of drug-likeness (QED) is 0.909. The Morgan fingerprint density at radius 1 is 1.32 bits per heavy atom. The average molecular weight is 280 g/mol. The van der Waals surface area contributed by atoms with E-state index in [1.165, 1.54) is 0 Å². The van der Waals surface area contributed by atoms with Crippen molar-refractivity contribution in [3.63, 3.8) is 0 Å². The molecule has 2 rings (SSSR count). The Bertz CT molecular complexity index is 582. The minimum atomic E-state index is -0.379. The SMILES string of the molecule is CCC(N)(CC)c1nc2ccc(Cl)cc2n1C(C)C. The zero-order chi connectivity index (χ0) is 14.2. The average Bonchev–Trinajstić information content (AvgIpc) is 2.76. The van der Waals surface area contributed by atoms with Crippen LogP contribution in [0.25, 0.3) is 11.0 Å². The van der Waals surface area contributed by atoms with E-state index in [0.29, 0.717) is 6.04 Å². The van der Waals surface area contributed by atoms with Crippen molar-refractivity contribution >= 4 is 22.6 Å². The Morgan fingerprint density at radius 2 is 1.95 bits per heavy atom. The Kier molecular flexibility index (Phi) is 3.88. The first-order chi connectivity index (χ1) is 8.92. The molecule has 0 aliphatic carbocycles. The van der Waals surface area contributed by atoms with Crippen LogP contribution in [0.3, 0.4) is 0 Å². The molecule has 0 bridgehead atoms. The fourth-order valence-corrected chi connectivity index (χ4v) is 2.67. The minimum Gasteiger partial charge on any atom is -0.324 e. The van der Waals surface area contributed by atoms with Crippen LogP contribution in [0.4, 0.5) is 0 Å². The molecule has 1 aromatic heterocycles. The second kappa shape index (κ2) is 5.14. The summed E-state index contributed by atoms with van der Waals surface area (Å²) < 4.78 is 2.22. The lowest BCUT2D eigenvalue weighted by Gasteiger charge is -2.28. The molecular weight excluding hydrogens is 258 g/mol. The van der Waals surface area contributed by atoms with E-state index >= 15 is 0 Å². The molecule has 104 valence electrons. The summed E-state index contributed by atoms with van der Waals surface area (Å²) in [6.07, 6.45) is 1.74. The van der Waals surface area contributed by atoms with Gasteiger partial charge in [0.25, 0.3) is 0 Å². The molecule has 0 saturated heterocycles. The van der Waals surface area contributed by atoms with Crippen molar-refractivity contribution in [2.45, 2.75) is 52.1 Å². The Labute approximate surface area is 119 Å². The molecular formula is C15H22ClN3. The third-order valence-corrected chi connectivity index (χ3v) is 4.11.